The molecular weight excluding hydrogens is 319 g/mol. The first-order chi connectivity index (χ1) is 8.18. The third kappa shape index (κ3) is 3.56. The van der Waals surface area contributed by atoms with E-state index in [9.17, 15) is 0 Å². The van der Waals surface area contributed by atoms with E-state index >= 15 is 0 Å². The van der Waals surface area contributed by atoms with E-state index in [1.807, 2.05) is 18.2 Å². The molecule has 0 N–H and O–H groups in total. The van der Waals surface area contributed by atoms with Gasteiger partial charge in [-0.25, -0.2) is 0 Å². The number of benzene rings is 1. The summed E-state index contributed by atoms with van der Waals surface area (Å²) in [5, 5.41) is 0. The number of allylic oxidation sites excluding steroid dienone is 3. The van der Waals surface area contributed by atoms with E-state index in [4.69, 9.17) is 0 Å². The highest BCUT2D eigenvalue weighted by molar-refractivity contribution is 14.1. The van der Waals surface area contributed by atoms with Crippen molar-refractivity contribution in [1.29, 1.82) is 0 Å². The van der Waals surface area contributed by atoms with E-state index in [-0.39, 0.29) is 5.41 Å². The molecule has 0 aliphatic heterocycles. The number of rotatable bonds is 7. The molecule has 1 aromatic rings. The quantitative estimate of drug-likeness (QED) is 0.470. The van der Waals surface area contributed by atoms with Gasteiger partial charge in [0.15, 0.2) is 0 Å². The number of halogens is 1. The standard InChI is InChI=1S/C16H19I/c1-4-11-16(12-5-2,13-6-3)14-7-9-15(17)10-8-14/h4-10H,1-3,11-13H2. The van der Waals surface area contributed by atoms with Crippen LogP contribution in [0.1, 0.15) is 24.8 Å². The molecule has 0 aromatic heterocycles. The van der Waals surface area contributed by atoms with E-state index in [0.717, 1.165) is 19.3 Å². The summed E-state index contributed by atoms with van der Waals surface area (Å²) in [6.45, 7) is 11.6. The summed E-state index contributed by atoms with van der Waals surface area (Å²) in [5.41, 5.74) is 1.42. The third-order valence-corrected chi connectivity index (χ3v) is 3.78. The third-order valence-electron chi connectivity index (χ3n) is 3.06. The largest absolute Gasteiger partial charge is 0.103 e. The second kappa shape index (κ2) is 6.80. The van der Waals surface area contributed by atoms with Crippen LogP contribution in [0.15, 0.2) is 62.2 Å². The van der Waals surface area contributed by atoms with Gasteiger partial charge in [0.25, 0.3) is 0 Å². The molecule has 0 amide bonds. The van der Waals surface area contributed by atoms with Gasteiger partial charge in [0, 0.05) is 8.99 Å². The fourth-order valence-corrected chi connectivity index (χ4v) is 2.60. The SMILES string of the molecule is C=CCC(CC=C)(CC=C)c1ccc(I)cc1. The van der Waals surface area contributed by atoms with Crippen LogP contribution in [0.2, 0.25) is 0 Å². The van der Waals surface area contributed by atoms with E-state index in [1.54, 1.807) is 0 Å². The fraction of sp³-hybridized carbons (Fsp3) is 0.250. The molecule has 1 aromatic carbocycles. The highest BCUT2D eigenvalue weighted by atomic mass is 127. The lowest BCUT2D eigenvalue weighted by atomic mass is 9.72. The van der Waals surface area contributed by atoms with Crippen molar-refractivity contribution in [2.45, 2.75) is 24.7 Å². The van der Waals surface area contributed by atoms with Gasteiger partial charge in [0.2, 0.25) is 0 Å². The van der Waals surface area contributed by atoms with Crippen molar-refractivity contribution in [2.75, 3.05) is 0 Å². The lowest BCUT2D eigenvalue weighted by Crippen LogP contribution is -2.24. The van der Waals surface area contributed by atoms with Crippen LogP contribution in [0.4, 0.5) is 0 Å². The summed E-state index contributed by atoms with van der Waals surface area (Å²) in [6, 6.07) is 8.72. The van der Waals surface area contributed by atoms with Crippen LogP contribution in [0.3, 0.4) is 0 Å². The van der Waals surface area contributed by atoms with Gasteiger partial charge in [-0.1, -0.05) is 30.4 Å². The molecule has 0 radical (unpaired) electrons. The average Bonchev–Trinajstić information content (AvgIpc) is 2.30. The van der Waals surface area contributed by atoms with E-state index < -0.39 is 0 Å². The van der Waals surface area contributed by atoms with Crippen LogP contribution in [-0.4, -0.2) is 0 Å². The Morgan fingerprint density at radius 3 is 1.65 bits per heavy atom. The Labute approximate surface area is 118 Å². The summed E-state index contributed by atoms with van der Waals surface area (Å²) in [5.74, 6) is 0. The van der Waals surface area contributed by atoms with E-state index in [1.165, 1.54) is 9.13 Å². The summed E-state index contributed by atoms with van der Waals surface area (Å²) in [6.07, 6.45) is 8.82. The van der Waals surface area contributed by atoms with Gasteiger partial charge in [-0.15, -0.1) is 19.7 Å². The van der Waals surface area contributed by atoms with Crippen molar-refractivity contribution in [3.63, 3.8) is 0 Å². The molecule has 0 bridgehead atoms. The first-order valence-electron chi connectivity index (χ1n) is 5.77. The zero-order chi connectivity index (χ0) is 12.7. The Bertz CT molecular complexity index is 360. The molecule has 1 heteroatoms. The maximum atomic E-state index is 3.88. The van der Waals surface area contributed by atoms with Crippen LogP contribution >= 0.6 is 22.6 Å². The second-order valence-corrected chi connectivity index (χ2v) is 5.51. The van der Waals surface area contributed by atoms with Crippen molar-refractivity contribution >= 4 is 22.6 Å². The van der Waals surface area contributed by atoms with Crippen LogP contribution < -0.4 is 0 Å². The van der Waals surface area contributed by atoms with Gasteiger partial charge in [0.1, 0.15) is 0 Å². The maximum absolute atomic E-state index is 3.88. The predicted molar refractivity (Wildman–Crippen MR) is 85.3 cm³/mol. The first kappa shape index (κ1) is 14.2. The second-order valence-electron chi connectivity index (χ2n) is 4.27. The molecule has 90 valence electrons. The molecular formula is C16H19I. The average molecular weight is 338 g/mol. The Balaban J connectivity index is 3.17. The lowest BCUT2D eigenvalue weighted by molar-refractivity contribution is 0.442. The normalized spacial score (nSPS) is 10.9. The highest BCUT2D eigenvalue weighted by Gasteiger charge is 2.28. The minimum Gasteiger partial charge on any atom is -0.103 e. The summed E-state index contributed by atoms with van der Waals surface area (Å²) in [7, 11) is 0. The Kier molecular flexibility index (Phi) is 5.69. The van der Waals surface area contributed by atoms with Gasteiger partial charge in [-0.05, 0) is 59.5 Å². The van der Waals surface area contributed by atoms with Crippen molar-refractivity contribution < 1.29 is 0 Å². The molecule has 1 rings (SSSR count). The van der Waals surface area contributed by atoms with E-state index in [0.29, 0.717) is 0 Å². The first-order valence-corrected chi connectivity index (χ1v) is 6.85. The number of hydrogen-bond donors (Lipinski definition) is 0. The molecule has 0 atom stereocenters. The topological polar surface area (TPSA) is 0 Å². The predicted octanol–water partition coefficient (Wildman–Crippen LogP) is 5.26. The molecule has 0 aliphatic carbocycles. The minimum atomic E-state index is 0.0790. The molecule has 0 unspecified atom stereocenters. The van der Waals surface area contributed by atoms with Gasteiger partial charge in [0.05, 0.1) is 0 Å². The zero-order valence-corrected chi connectivity index (χ0v) is 12.3. The summed E-state index contributed by atoms with van der Waals surface area (Å²) >= 11 is 2.33. The monoisotopic (exact) mass is 338 g/mol. The van der Waals surface area contributed by atoms with Gasteiger partial charge < -0.3 is 0 Å². The van der Waals surface area contributed by atoms with Crippen molar-refractivity contribution in [1.82, 2.24) is 0 Å². The minimum absolute atomic E-state index is 0.0790. The molecule has 0 spiro atoms. The fourth-order valence-electron chi connectivity index (χ4n) is 2.24. The number of hydrogen-bond acceptors (Lipinski definition) is 0. The highest BCUT2D eigenvalue weighted by Crippen LogP contribution is 2.36. The Hall–Kier alpha value is -0.830. The Morgan fingerprint density at radius 1 is 0.882 bits per heavy atom. The van der Waals surface area contributed by atoms with Crippen LogP contribution in [0.25, 0.3) is 0 Å². The lowest BCUT2D eigenvalue weighted by Gasteiger charge is -2.31. The van der Waals surface area contributed by atoms with Gasteiger partial charge in [-0.3, -0.25) is 0 Å². The molecule has 0 saturated carbocycles. The molecule has 0 saturated heterocycles. The maximum Gasteiger partial charge on any atom is 0.0130 e. The zero-order valence-electron chi connectivity index (χ0n) is 10.2. The summed E-state index contributed by atoms with van der Waals surface area (Å²) in [4.78, 5) is 0. The molecule has 0 heterocycles. The van der Waals surface area contributed by atoms with Crippen molar-refractivity contribution in [3.8, 4) is 0 Å². The molecule has 17 heavy (non-hydrogen) atoms. The van der Waals surface area contributed by atoms with Crippen LogP contribution in [0, 0.1) is 3.57 Å². The van der Waals surface area contributed by atoms with Crippen LogP contribution in [0.5, 0.6) is 0 Å². The Morgan fingerprint density at radius 2 is 1.29 bits per heavy atom. The van der Waals surface area contributed by atoms with Crippen molar-refractivity contribution in [3.05, 3.63) is 71.4 Å². The van der Waals surface area contributed by atoms with Gasteiger partial charge in [-0.2, -0.15) is 0 Å². The molecule has 0 fully saturated rings. The summed E-state index contributed by atoms with van der Waals surface area (Å²) < 4.78 is 1.26. The molecule has 0 nitrogen and oxygen atoms in total. The molecule has 0 aliphatic rings. The van der Waals surface area contributed by atoms with Crippen LogP contribution in [-0.2, 0) is 5.41 Å². The van der Waals surface area contributed by atoms with Gasteiger partial charge >= 0.3 is 0 Å². The van der Waals surface area contributed by atoms with Crippen molar-refractivity contribution in [2.24, 2.45) is 0 Å². The van der Waals surface area contributed by atoms with E-state index in [2.05, 4.69) is 66.6 Å². The smallest absolute Gasteiger partial charge is 0.0130 e.